The van der Waals surface area contributed by atoms with Gasteiger partial charge in [0.1, 0.15) is 0 Å². The van der Waals surface area contributed by atoms with Gasteiger partial charge in [0.15, 0.2) is 9.84 Å². The molecular weight excluding hydrogens is 440 g/mol. The van der Waals surface area contributed by atoms with Gasteiger partial charge in [-0.3, -0.25) is 4.79 Å². The lowest BCUT2D eigenvalue weighted by Crippen LogP contribution is -2.41. The van der Waals surface area contributed by atoms with Crippen LogP contribution in [0.2, 0.25) is 0 Å². The third kappa shape index (κ3) is 5.32. The van der Waals surface area contributed by atoms with Crippen LogP contribution < -0.4 is 5.32 Å². The Morgan fingerprint density at radius 1 is 1.03 bits per heavy atom. The Labute approximate surface area is 183 Å². The SMILES string of the molecule is Cc1ccc(C(=O)N[C@@H](C)c2ccc(S(C)(=O)=O)cc2)cc1S(=O)(=O)N1CCOCC1. The summed E-state index contributed by atoms with van der Waals surface area (Å²) in [7, 11) is -7.03. The van der Waals surface area contributed by atoms with Gasteiger partial charge in [-0.25, -0.2) is 16.8 Å². The van der Waals surface area contributed by atoms with Crippen LogP contribution in [0.5, 0.6) is 0 Å². The number of hydrogen-bond donors (Lipinski definition) is 1. The standard InChI is InChI=1S/C21H26N2O6S2/c1-15-4-5-18(14-20(15)31(27,28)23-10-12-29-13-11-23)21(24)22-16(2)17-6-8-19(9-7-17)30(3,25)26/h4-9,14,16H,10-13H2,1-3H3,(H,22,24)/t16-/m0/s1. The van der Waals surface area contributed by atoms with Crippen LogP contribution in [0.1, 0.15) is 34.5 Å². The molecule has 31 heavy (non-hydrogen) atoms. The Morgan fingerprint density at radius 2 is 1.65 bits per heavy atom. The lowest BCUT2D eigenvalue weighted by molar-refractivity contribution is 0.0730. The van der Waals surface area contributed by atoms with E-state index in [-0.39, 0.29) is 28.4 Å². The van der Waals surface area contributed by atoms with Crippen molar-refractivity contribution < 1.29 is 26.4 Å². The molecule has 0 radical (unpaired) electrons. The number of carbonyl (C=O) groups excluding carboxylic acids is 1. The van der Waals surface area contributed by atoms with Crippen molar-refractivity contribution in [2.45, 2.75) is 29.7 Å². The molecule has 2 aromatic carbocycles. The van der Waals surface area contributed by atoms with E-state index in [9.17, 15) is 21.6 Å². The lowest BCUT2D eigenvalue weighted by Gasteiger charge is -2.26. The maximum Gasteiger partial charge on any atom is 0.251 e. The summed E-state index contributed by atoms with van der Waals surface area (Å²) < 4.78 is 55.9. The van der Waals surface area contributed by atoms with Crippen molar-refractivity contribution in [3.8, 4) is 0 Å². The van der Waals surface area contributed by atoms with E-state index in [1.54, 1.807) is 38.1 Å². The van der Waals surface area contributed by atoms with Crippen molar-refractivity contribution in [2.24, 2.45) is 0 Å². The van der Waals surface area contributed by atoms with E-state index in [0.29, 0.717) is 18.8 Å². The highest BCUT2D eigenvalue weighted by atomic mass is 32.2. The van der Waals surface area contributed by atoms with Crippen LogP contribution in [0.25, 0.3) is 0 Å². The van der Waals surface area contributed by atoms with Crippen molar-refractivity contribution in [3.63, 3.8) is 0 Å². The highest BCUT2D eigenvalue weighted by Gasteiger charge is 2.28. The van der Waals surface area contributed by atoms with E-state index in [0.717, 1.165) is 11.8 Å². The summed E-state index contributed by atoms with van der Waals surface area (Å²) >= 11 is 0. The normalized spacial score (nSPS) is 16.6. The molecule has 3 rings (SSSR count). The molecule has 1 atom stereocenters. The van der Waals surface area contributed by atoms with E-state index in [1.807, 2.05) is 0 Å². The smallest absolute Gasteiger partial charge is 0.251 e. The molecule has 0 aromatic heterocycles. The van der Waals surface area contributed by atoms with Gasteiger partial charge in [0.25, 0.3) is 5.91 Å². The average molecular weight is 467 g/mol. The zero-order valence-electron chi connectivity index (χ0n) is 17.7. The highest BCUT2D eigenvalue weighted by Crippen LogP contribution is 2.23. The van der Waals surface area contributed by atoms with Gasteiger partial charge < -0.3 is 10.1 Å². The molecule has 8 nitrogen and oxygen atoms in total. The first kappa shape index (κ1) is 23.4. The maximum absolute atomic E-state index is 13.0. The minimum Gasteiger partial charge on any atom is -0.379 e. The molecule has 0 saturated carbocycles. The van der Waals surface area contributed by atoms with Gasteiger partial charge in [-0.1, -0.05) is 18.2 Å². The van der Waals surface area contributed by atoms with Gasteiger partial charge in [-0.2, -0.15) is 4.31 Å². The number of hydrogen-bond acceptors (Lipinski definition) is 6. The first-order valence-corrected chi connectivity index (χ1v) is 13.1. The number of nitrogens with zero attached hydrogens (tertiary/aromatic N) is 1. The Kier molecular flexibility index (Phi) is 6.85. The molecule has 1 aliphatic rings. The van der Waals surface area contributed by atoms with E-state index < -0.39 is 31.8 Å². The molecule has 1 aliphatic heterocycles. The number of morpholine rings is 1. The van der Waals surface area contributed by atoms with Crippen molar-refractivity contribution in [3.05, 3.63) is 59.2 Å². The van der Waals surface area contributed by atoms with Crippen LogP contribution in [0.15, 0.2) is 52.3 Å². The molecule has 1 heterocycles. The monoisotopic (exact) mass is 466 g/mol. The molecule has 10 heteroatoms. The quantitative estimate of drug-likeness (QED) is 0.696. The van der Waals surface area contributed by atoms with E-state index in [4.69, 9.17) is 4.74 Å². The molecule has 0 aliphatic carbocycles. The number of benzene rings is 2. The Bertz CT molecular complexity index is 1170. The molecular formula is C21H26N2O6S2. The highest BCUT2D eigenvalue weighted by molar-refractivity contribution is 7.90. The zero-order chi connectivity index (χ0) is 22.8. The number of sulfonamides is 1. The minimum atomic E-state index is -3.73. The molecule has 0 unspecified atom stereocenters. The zero-order valence-corrected chi connectivity index (χ0v) is 19.3. The second kappa shape index (κ2) is 9.07. The number of sulfone groups is 1. The van der Waals surface area contributed by atoms with E-state index in [2.05, 4.69) is 5.32 Å². The Morgan fingerprint density at radius 3 is 2.23 bits per heavy atom. The summed E-state index contributed by atoms with van der Waals surface area (Å²) in [5.41, 5.74) is 1.53. The summed E-state index contributed by atoms with van der Waals surface area (Å²) in [6, 6.07) is 10.5. The fourth-order valence-electron chi connectivity index (χ4n) is 3.31. The van der Waals surface area contributed by atoms with E-state index >= 15 is 0 Å². The van der Waals surface area contributed by atoms with Gasteiger partial charge >= 0.3 is 0 Å². The van der Waals surface area contributed by atoms with Crippen LogP contribution in [-0.4, -0.2) is 59.6 Å². The first-order chi connectivity index (χ1) is 14.5. The Hall–Kier alpha value is -2.27. The second-order valence-electron chi connectivity index (χ2n) is 7.53. The molecule has 0 bridgehead atoms. The van der Waals surface area contributed by atoms with Gasteiger partial charge in [0.2, 0.25) is 10.0 Å². The Balaban J connectivity index is 1.80. The second-order valence-corrected chi connectivity index (χ2v) is 11.5. The third-order valence-electron chi connectivity index (χ3n) is 5.19. The molecule has 1 fully saturated rings. The maximum atomic E-state index is 13.0. The summed E-state index contributed by atoms with van der Waals surface area (Å²) in [5.74, 6) is -0.418. The summed E-state index contributed by atoms with van der Waals surface area (Å²) in [6.07, 6.45) is 1.13. The first-order valence-electron chi connectivity index (χ1n) is 9.79. The molecule has 1 amide bonds. The van der Waals surface area contributed by atoms with Crippen molar-refractivity contribution >= 4 is 25.8 Å². The molecule has 0 spiro atoms. The largest absolute Gasteiger partial charge is 0.379 e. The minimum absolute atomic E-state index is 0.104. The molecule has 1 N–H and O–H groups in total. The topological polar surface area (TPSA) is 110 Å². The number of amides is 1. The lowest BCUT2D eigenvalue weighted by atomic mass is 10.1. The predicted molar refractivity (Wildman–Crippen MR) is 116 cm³/mol. The fourth-order valence-corrected chi connectivity index (χ4v) is 5.60. The van der Waals surface area contributed by atoms with Crippen LogP contribution in [0, 0.1) is 6.92 Å². The number of nitrogens with one attached hydrogen (secondary N) is 1. The predicted octanol–water partition coefficient (Wildman–Crippen LogP) is 1.91. The van der Waals surface area contributed by atoms with Crippen LogP contribution >= 0.6 is 0 Å². The third-order valence-corrected chi connectivity index (χ3v) is 8.36. The number of ether oxygens (including phenoxy) is 1. The van der Waals surface area contributed by atoms with Crippen molar-refractivity contribution in [2.75, 3.05) is 32.6 Å². The average Bonchev–Trinajstić information content (AvgIpc) is 2.74. The number of carbonyl (C=O) groups is 1. The van der Waals surface area contributed by atoms with Crippen LogP contribution in [0.4, 0.5) is 0 Å². The molecule has 1 saturated heterocycles. The van der Waals surface area contributed by atoms with Crippen molar-refractivity contribution in [1.29, 1.82) is 0 Å². The molecule has 168 valence electrons. The summed E-state index contributed by atoms with van der Waals surface area (Å²) in [5, 5.41) is 2.83. The van der Waals surface area contributed by atoms with Gasteiger partial charge in [-0.15, -0.1) is 0 Å². The summed E-state index contributed by atoms with van der Waals surface area (Å²) in [4.78, 5) is 13.1. The van der Waals surface area contributed by atoms with E-state index in [1.165, 1.54) is 22.5 Å². The van der Waals surface area contributed by atoms with Crippen molar-refractivity contribution in [1.82, 2.24) is 9.62 Å². The fraction of sp³-hybridized carbons (Fsp3) is 0.381. The van der Waals surface area contributed by atoms with Crippen LogP contribution in [0.3, 0.4) is 0 Å². The van der Waals surface area contributed by atoms with Gasteiger partial charge in [0.05, 0.1) is 29.0 Å². The van der Waals surface area contributed by atoms with Gasteiger partial charge in [0, 0.05) is 24.9 Å². The molecule has 2 aromatic rings. The summed E-state index contributed by atoms with van der Waals surface area (Å²) in [6.45, 7) is 4.70. The number of rotatable bonds is 6. The van der Waals surface area contributed by atoms with Crippen LogP contribution in [-0.2, 0) is 24.6 Å². The van der Waals surface area contributed by atoms with Gasteiger partial charge in [-0.05, 0) is 49.2 Å². The number of aryl methyl sites for hydroxylation is 1.